The van der Waals surface area contributed by atoms with Crippen molar-refractivity contribution in [1.29, 1.82) is 0 Å². The average Bonchev–Trinajstić information content (AvgIpc) is 3.50. The molecule has 9 nitrogen and oxygen atoms in total. The lowest BCUT2D eigenvalue weighted by molar-refractivity contribution is -0.303. The summed E-state index contributed by atoms with van der Waals surface area (Å²) in [6, 6.07) is 0. The Bertz CT molecular complexity index is 1220. The minimum atomic E-state index is -1.28. The van der Waals surface area contributed by atoms with Gasteiger partial charge in [-0.15, -0.1) is 0 Å². The maximum Gasteiger partial charge on any atom is 0.199 e. The number of aliphatic hydroxyl groups is 4. The first-order valence-corrected chi connectivity index (χ1v) is 17.9. The Hall–Kier alpha value is -0.360. The van der Waals surface area contributed by atoms with E-state index in [1.807, 2.05) is 0 Å². The molecule has 4 N–H and O–H groups in total. The fourth-order valence-electron chi connectivity index (χ4n) is 14.1. The van der Waals surface area contributed by atoms with Crippen molar-refractivity contribution in [2.24, 2.45) is 50.7 Å². The second kappa shape index (κ2) is 9.45. The molecule has 256 valence electrons. The van der Waals surface area contributed by atoms with Gasteiger partial charge in [-0.05, 0) is 105 Å². The van der Waals surface area contributed by atoms with Gasteiger partial charge in [-0.25, -0.2) is 0 Å². The number of ether oxygens (including phenoxy) is 5. The van der Waals surface area contributed by atoms with Crippen LogP contribution in [0.1, 0.15) is 99.8 Å². The molecule has 45 heavy (non-hydrogen) atoms. The number of hydrogen-bond donors (Lipinski definition) is 4. The van der Waals surface area contributed by atoms with Gasteiger partial charge >= 0.3 is 0 Å². The highest BCUT2D eigenvalue weighted by Crippen LogP contribution is 2.90. The molecular weight excluding hydrogens is 576 g/mol. The third-order valence-corrected chi connectivity index (χ3v) is 16.4. The Balaban J connectivity index is 1.10. The van der Waals surface area contributed by atoms with Crippen LogP contribution >= 0.6 is 0 Å². The second-order valence-electron chi connectivity index (χ2n) is 18.4. The van der Waals surface area contributed by atoms with Gasteiger partial charge in [-0.1, -0.05) is 34.6 Å². The highest BCUT2D eigenvalue weighted by Gasteiger charge is 2.88. The summed E-state index contributed by atoms with van der Waals surface area (Å²) in [6.45, 7) is 16.0. The quantitative estimate of drug-likeness (QED) is 0.342. The Morgan fingerprint density at radius 3 is 2.24 bits per heavy atom. The molecule has 0 aromatic carbocycles. The van der Waals surface area contributed by atoms with Gasteiger partial charge in [0.1, 0.15) is 30.5 Å². The van der Waals surface area contributed by atoms with Crippen molar-refractivity contribution in [3.8, 4) is 0 Å². The fraction of sp³-hybridized carbons (Fsp3) is 1.00. The third-order valence-electron chi connectivity index (χ3n) is 16.4. The molecule has 0 amide bonds. The molecule has 0 aromatic rings. The van der Waals surface area contributed by atoms with Crippen LogP contribution < -0.4 is 0 Å². The van der Waals surface area contributed by atoms with E-state index < -0.39 is 42.1 Å². The highest BCUT2D eigenvalue weighted by molar-refractivity contribution is 5.34. The summed E-state index contributed by atoms with van der Waals surface area (Å²) in [6.07, 6.45) is 2.70. The number of fused-ring (bicyclic) bond motifs is 4. The molecule has 8 aliphatic rings. The maximum atomic E-state index is 12.8. The van der Waals surface area contributed by atoms with Gasteiger partial charge in [0.15, 0.2) is 12.1 Å². The second-order valence-corrected chi connectivity index (χ2v) is 18.4. The summed E-state index contributed by atoms with van der Waals surface area (Å²) < 4.78 is 32.1. The van der Waals surface area contributed by atoms with Crippen LogP contribution in [-0.2, 0) is 23.7 Å². The molecule has 5 saturated carbocycles. The summed E-state index contributed by atoms with van der Waals surface area (Å²) in [4.78, 5) is 0. The van der Waals surface area contributed by atoms with Crippen LogP contribution in [0.4, 0.5) is 0 Å². The Morgan fingerprint density at radius 2 is 1.53 bits per heavy atom. The van der Waals surface area contributed by atoms with Gasteiger partial charge < -0.3 is 44.1 Å². The zero-order chi connectivity index (χ0) is 32.3. The zero-order valence-corrected chi connectivity index (χ0v) is 28.6. The standard InChI is InChI=1S/C36H58O9/c1-18-15-20-27(31(4,5)41-8)45-36(44-20)26(18)32(6)13-14-35-17-34(35)12-11-23(43-28-25(39)24(38)19(37)16-42-28)30(2,3)21(34)9-10-22(35)33(32,7)29(36)40/h18-29,37-40H,9-17H2,1-8H3/t18-,19+,20-,21-,22+,23+,24+,25-,26-,27-,28-,29-,32-,33-,34+,35-,36+/m1/s1. The van der Waals surface area contributed by atoms with E-state index >= 15 is 0 Å². The molecule has 8 fully saturated rings. The third kappa shape index (κ3) is 3.57. The molecule has 3 heterocycles. The van der Waals surface area contributed by atoms with Gasteiger partial charge in [0.2, 0.25) is 0 Å². The van der Waals surface area contributed by atoms with E-state index in [0.29, 0.717) is 17.8 Å². The van der Waals surface area contributed by atoms with E-state index in [-0.39, 0.29) is 57.9 Å². The SMILES string of the molecule is COC(C)(C)[C@@H]1O[C@@]23O[C@@H]1C[C@@H](C)[C@@H]2[C@@]1(C)CC[C@]24C[C@]25CC[C@H](O[C@H]2OC[C@H](O)[C@H](O)[C@H]2O)C(C)(C)[C@H]5CC[C@H]4[C@]1(C)[C@H]3O. The molecule has 3 spiro atoms. The first kappa shape index (κ1) is 31.9. The summed E-state index contributed by atoms with van der Waals surface area (Å²) >= 11 is 0. The van der Waals surface area contributed by atoms with E-state index in [0.717, 1.165) is 38.5 Å². The Kier molecular flexibility index (Phi) is 6.69. The molecule has 8 rings (SSSR count). The first-order valence-electron chi connectivity index (χ1n) is 17.9. The topological polar surface area (TPSA) is 127 Å². The molecule has 0 unspecified atom stereocenters. The molecule has 0 radical (unpaired) electrons. The van der Waals surface area contributed by atoms with Crippen LogP contribution in [0.25, 0.3) is 0 Å². The smallest absolute Gasteiger partial charge is 0.199 e. The monoisotopic (exact) mass is 634 g/mol. The minimum Gasteiger partial charge on any atom is -0.388 e. The van der Waals surface area contributed by atoms with Crippen molar-refractivity contribution in [3.63, 3.8) is 0 Å². The molecule has 5 aliphatic carbocycles. The van der Waals surface area contributed by atoms with E-state index in [2.05, 4.69) is 48.5 Å². The lowest BCUT2D eigenvalue weighted by Gasteiger charge is -2.63. The predicted octanol–water partition coefficient (Wildman–Crippen LogP) is 3.78. The molecule has 3 aliphatic heterocycles. The number of methoxy groups -OCH3 is 1. The predicted molar refractivity (Wildman–Crippen MR) is 164 cm³/mol. The highest BCUT2D eigenvalue weighted by atomic mass is 16.8. The normalized spacial score (nSPS) is 61.1. The van der Waals surface area contributed by atoms with E-state index in [1.54, 1.807) is 7.11 Å². The molecule has 2 bridgehead atoms. The Labute approximate surface area is 268 Å². The van der Waals surface area contributed by atoms with Crippen molar-refractivity contribution >= 4 is 0 Å². The van der Waals surface area contributed by atoms with Gasteiger partial charge in [-0.2, -0.15) is 0 Å². The number of hydrogen-bond acceptors (Lipinski definition) is 9. The van der Waals surface area contributed by atoms with Crippen LogP contribution in [-0.4, -0.2) is 94.5 Å². The number of aliphatic hydroxyl groups excluding tert-OH is 4. The van der Waals surface area contributed by atoms with Crippen molar-refractivity contribution in [1.82, 2.24) is 0 Å². The summed E-state index contributed by atoms with van der Waals surface area (Å²) in [5, 5.41) is 43.6. The number of rotatable bonds is 4. The minimum absolute atomic E-state index is 0.0487. The van der Waals surface area contributed by atoms with Crippen molar-refractivity contribution in [2.75, 3.05) is 13.7 Å². The summed E-state index contributed by atoms with van der Waals surface area (Å²) in [5.41, 5.74) is -0.717. The molecule has 17 atom stereocenters. The summed E-state index contributed by atoms with van der Waals surface area (Å²) in [5.74, 6) is 0.346. The van der Waals surface area contributed by atoms with Crippen LogP contribution in [0.3, 0.4) is 0 Å². The van der Waals surface area contributed by atoms with E-state index in [1.165, 1.54) is 12.8 Å². The Morgan fingerprint density at radius 1 is 0.844 bits per heavy atom. The molecule has 0 aromatic heterocycles. The zero-order valence-electron chi connectivity index (χ0n) is 28.6. The molecular formula is C36H58O9. The van der Waals surface area contributed by atoms with Gasteiger partial charge in [0.05, 0.1) is 24.4 Å². The average molecular weight is 635 g/mol. The summed E-state index contributed by atoms with van der Waals surface area (Å²) in [7, 11) is 1.74. The molecule has 3 saturated heterocycles. The van der Waals surface area contributed by atoms with Crippen LogP contribution in [0.15, 0.2) is 0 Å². The van der Waals surface area contributed by atoms with Gasteiger partial charge in [0, 0.05) is 18.4 Å². The van der Waals surface area contributed by atoms with E-state index in [9.17, 15) is 20.4 Å². The van der Waals surface area contributed by atoms with Gasteiger partial charge in [0.25, 0.3) is 0 Å². The lowest BCUT2D eigenvalue weighted by atomic mass is 9.41. The molecule has 9 heteroatoms. The van der Waals surface area contributed by atoms with Crippen molar-refractivity contribution in [2.45, 2.75) is 160 Å². The fourth-order valence-corrected chi connectivity index (χ4v) is 14.1. The van der Waals surface area contributed by atoms with E-state index in [4.69, 9.17) is 23.7 Å². The van der Waals surface area contributed by atoms with Crippen LogP contribution in [0.2, 0.25) is 0 Å². The maximum absolute atomic E-state index is 12.8. The van der Waals surface area contributed by atoms with Gasteiger partial charge in [-0.3, -0.25) is 0 Å². The largest absolute Gasteiger partial charge is 0.388 e. The van der Waals surface area contributed by atoms with Crippen LogP contribution in [0, 0.1) is 50.7 Å². The lowest BCUT2D eigenvalue weighted by Crippen LogP contribution is -2.61. The van der Waals surface area contributed by atoms with Crippen molar-refractivity contribution < 1.29 is 44.1 Å². The van der Waals surface area contributed by atoms with Crippen LogP contribution in [0.5, 0.6) is 0 Å². The van der Waals surface area contributed by atoms with Crippen molar-refractivity contribution in [3.05, 3.63) is 0 Å². The first-order chi connectivity index (χ1) is 21.0.